The molecule has 0 radical (unpaired) electrons. The number of carboxylic acids is 1. The number of carbonyl (C=O) groups excluding carboxylic acids is 1. The number of benzene rings is 1. The number of aromatic carboxylic acids is 1. The maximum Gasteiger partial charge on any atom is 0.354 e. The number of hydrogen-bond donors (Lipinski definition) is 1. The van der Waals surface area contributed by atoms with E-state index < -0.39 is 5.97 Å². The average Bonchev–Trinajstić information content (AvgIpc) is 2.61. The van der Waals surface area contributed by atoms with Gasteiger partial charge in [-0.05, 0) is 30.3 Å². The first-order chi connectivity index (χ1) is 11.5. The van der Waals surface area contributed by atoms with E-state index in [-0.39, 0.29) is 11.6 Å². The van der Waals surface area contributed by atoms with Crippen LogP contribution >= 0.6 is 15.9 Å². The number of piperazine rings is 1. The van der Waals surface area contributed by atoms with Crippen LogP contribution in [0.1, 0.15) is 20.8 Å². The molecule has 1 fully saturated rings. The number of pyridine rings is 1. The highest BCUT2D eigenvalue weighted by molar-refractivity contribution is 9.10. The Balaban J connectivity index is 1.66. The summed E-state index contributed by atoms with van der Waals surface area (Å²) in [7, 11) is 0. The molecule has 1 aliphatic rings. The second kappa shape index (κ2) is 7.00. The Hall–Kier alpha value is -2.41. The lowest BCUT2D eigenvalue weighted by molar-refractivity contribution is 0.0690. The molecule has 24 heavy (non-hydrogen) atoms. The molecule has 6 nitrogen and oxygen atoms in total. The molecule has 3 rings (SSSR count). The second-order valence-corrected chi connectivity index (χ2v) is 6.39. The van der Waals surface area contributed by atoms with Crippen LogP contribution in [-0.2, 0) is 0 Å². The average molecular weight is 390 g/mol. The van der Waals surface area contributed by atoms with Gasteiger partial charge in [0.05, 0.1) is 0 Å². The first-order valence-corrected chi connectivity index (χ1v) is 8.34. The number of carboxylic acid groups (broad SMARTS) is 1. The third-order valence-corrected chi connectivity index (χ3v) is 4.41. The van der Waals surface area contributed by atoms with Crippen molar-refractivity contribution >= 4 is 33.6 Å². The van der Waals surface area contributed by atoms with E-state index in [4.69, 9.17) is 5.11 Å². The minimum Gasteiger partial charge on any atom is -0.477 e. The Morgan fingerprint density at radius 1 is 1.04 bits per heavy atom. The minimum absolute atomic E-state index is 0.00296. The van der Waals surface area contributed by atoms with E-state index in [0.29, 0.717) is 37.6 Å². The summed E-state index contributed by atoms with van der Waals surface area (Å²) in [4.78, 5) is 31.5. The normalized spacial score (nSPS) is 14.5. The van der Waals surface area contributed by atoms with Gasteiger partial charge in [-0.3, -0.25) is 4.79 Å². The Morgan fingerprint density at radius 3 is 2.42 bits per heavy atom. The summed E-state index contributed by atoms with van der Waals surface area (Å²) in [6.07, 6.45) is 0. The molecule has 1 aromatic heterocycles. The molecule has 1 aromatic carbocycles. The van der Waals surface area contributed by atoms with Gasteiger partial charge in [-0.2, -0.15) is 0 Å². The standard InChI is InChI=1S/C17H16BrN3O3/c18-13-4-1-3-12(11-13)16(22)21-9-7-20(8-10-21)15-6-2-5-14(19-15)17(23)24/h1-6,11H,7-10H2,(H,23,24). The number of amides is 1. The maximum atomic E-state index is 12.5. The Morgan fingerprint density at radius 2 is 1.75 bits per heavy atom. The molecule has 1 N–H and O–H groups in total. The van der Waals surface area contributed by atoms with Crippen molar-refractivity contribution in [3.8, 4) is 0 Å². The summed E-state index contributed by atoms with van der Waals surface area (Å²) in [5, 5.41) is 9.03. The van der Waals surface area contributed by atoms with Crippen LogP contribution in [-0.4, -0.2) is 53.0 Å². The monoisotopic (exact) mass is 389 g/mol. The zero-order valence-corrected chi connectivity index (χ0v) is 14.4. The molecule has 1 saturated heterocycles. The highest BCUT2D eigenvalue weighted by Gasteiger charge is 2.23. The fraction of sp³-hybridized carbons (Fsp3) is 0.235. The van der Waals surface area contributed by atoms with Crippen molar-refractivity contribution in [1.29, 1.82) is 0 Å². The maximum absolute atomic E-state index is 12.5. The Bertz CT molecular complexity index is 773. The zero-order valence-electron chi connectivity index (χ0n) is 12.9. The fourth-order valence-corrected chi connectivity index (χ4v) is 3.06. The van der Waals surface area contributed by atoms with Gasteiger partial charge in [-0.1, -0.05) is 28.1 Å². The number of carbonyl (C=O) groups is 2. The van der Waals surface area contributed by atoms with Crippen molar-refractivity contribution in [2.24, 2.45) is 0 Å². The molecule has 7 heteroatoms. The molecule has 1 amide bonds. The molecule has 0 unspecified atom stereocenters. The smallest absolute Gasteiger partial charge is 0.354 e. The van der Waals surface area contributed by atoms with Crippen molar-refractivity contribution in [2.75, 3.05) is 31.1 Å². The van der Waals surface area contributed by atoms with Crippen LogP contribution in [0.15, 0.2) is 46.9 Å². The Kier molecular flexibility index (Phi) is 4.80. The highest BCUT2D eigenvalue weighted by atomic mass is 79.9. The third-order valence-electron chi connectivity index (χ3n) is 3.92. The lowest BCUT2D eigenvalue weighted by Crippen LogP contribution is -2.49. The lowest BCUT2D eigenvalue weighted by atomic mass is 10.2. The second-order valence-electron chi connectivity index (χ2n) is 5.48. The molecular weight excluding hydrogens is 374 g/mol. The third kappa shape index (κ3) is 3.56. The van der Waals surface area contributed by atoms with E-state index in [1.165, 1.54) is 6.07 Å². The summed E-state index contributed by atoms with van der Waals surface area (Å²) >= 11 is 3.38. The number of anilines is 1. The molecule has 0 atom stereocenters. The van der Waals surface area contributed by atoms with E-state index in [2.05, 4.69) is 20.9 Å². The van der Waals surface area contributed by atoms with Crippen molar-refractivity contribution in [2.45, 2.75) is 0 Å². The Labute approximate surface area is 147 Å². The van der Waals surface area contributed by atoms with Crippen LogP contribution in [0.25, 0.3) is 0 Å². The zero-order chi connectivity index (χ0) is 17.1. The predicted molar refractivity (Wildman–Crippen MR) is 93.5 cm³/mol. The number of halogens is 1. The van der Waals surface area contributed by atoms with Gasteiger partial charge in [0, 0.05) is 36.2 Å². The quantitative estimate of drug-likeness (QED) is 0.872. The summed E-state index contributed by atoms with van der Waals surface area (Å²) in [6.45, 7) is 2.39. The van der Waals surface area contributed by atoms with E-state index >= 15 is 0 Å². The molecule has 0 bridgehead atoms. The highest BCUT2D eigenvalue weighted by Crippen LogP contribution is 2.17. The first-order valence-electron chi connectivity index (χ1n) is 7.55. The minimum atomic E-state index is -1.04. The van der Waals surface area contributed by atoms with Gasteiger partial charge in [0.25, 0.3) is 5.91 Å². The molecule has 2 aromatic rings. The van der Waals surface area contributed by atoms with Crippen molar-refractivity contribution in [1.82, 2.24) is 9.88 Å². The summed E-state index contributed by atoms with van der Waals surface area (Å²) in [5.74, 6) is -0.409. The molecule has 124 valence electrons. The molecule has 1 aliphatic heterocycles. The summed E-state index contributed by atoms with van der Waals surface area (Å²) in [6, 6.07) is 12.3. The van der Waals surface area contributed by atoms with Gasteiger partial charge in [-0.25, -0.2) is 9.78 Å². The van der Waals surface area contributed by atoms with Crippen LogP contribution in [0.5, 0.6) is 0 Å². The lowest BCUT2D eigenvalue weighted by Gasteiger charge is -2.35. The number of hydrogen-bond acceptors (Lipinski definition) is 4. The van der Waals surface area contributed by atoms with Crippen LogP contribution in [0.2, 0.25) is 0 Å². The molecular formula is C17H16BrN3O3. The van der Waals surface area contributed by atoms with Crippen LogP contribution in [0, 0.1) is 0 Å². The molecule has 0 saturated carbocycles. The molecule has 2 heterocycles. The van der Waals surface area contributed by atoms with Crippen molar-refractivity contribution in [3.05, 3.63) is 58.2 Å². The fourth-order valence-electron chi connectivity index (χ4n) is 2.66. The van der Waals surface area contributed by atoms with Gasteiger partial charge in [0.15, 0.2) is 5.69 Å². The molecule has 0 aliphatic carbocycles. The van der Waals surface area contributed by atoms with Gasteiger partial charge >= 0.3 is 5.97 Å². The van der Waals surface area contributed by atoms with Crippen LogP contribution < -0.4 is 4.90 Å². The van der Waals surface area contributed by atoms with E-state index in [1.54, 1.807) is 23.1 Å². The largest absolute Gasteiger partial charge is 0.477 e. The van der Waals surface area contributed by atoms with Gasteiger partial charge in [0.2, 0.25) is 0 Å². The number of rotatable bonds is 3. The van der Waals surface area contributed by atoms with E-state index in [9.17, 15) is 9.59 Å². The number of aromatic nitrogens is 1. The van der Waals surface area contributed by atoms with Crippen molar-refractivity contribution in [3.63, 3.8) is 0 Å². The summed E-state index contributed by atoms with van der Waals surface area (Å²) in [5.41, 5.74) is 0.684. The van der Waals surface area contributed by atoms with E-state index in [0.717, 1.165) is 4.47 Å². The van der Waals surface area contributed by atoms with Crippen LogP contribution in [0.4, 0.5) is 5.82 Å². The molecule has 0 spiro atoms. The first kappa shape index (κ1) is 16.4. The SMILES string of the molecule is O=C(O)c1cccc(N2CCN(C(=O)c3cccc(Br)c3)CC2)n1. The van der Waals surface area contributed by atoms with E-state index in [1.807, 2.05) is 23.1 Å². The number of nitrogens with zero attached hydrogens (tertiary/aromatic N) is 3. The summed E-state index contributed by atoms with van der Waals surface area (Å²) < 4.78 is 0.877. The van der Waals surface area contributed by atoms with Crippen molar-refractivity contribution < 1.29 is 14.7 Å². The van der Waals surface area contributed by atoms with Gasteiger partial charge < -0.3 is 14.9 Å². The topological polar surface area (TPSA) is 73.7 Å². The van der Waals surface area contributed by atoms with Gasteiger partial charge in [-0.15, -0.1) is 0 Å². The van der Waals surface area contributed by atoms with Gasteiger partial charge in [0.1, 0.15) is 5.82 Å². The van der Waals surface area contributed by atoms with Crippen LogP contribution in [0.3, 0.4) is 0 Å². The predicted octanol–water partition coefficient (Wildman–Crippen LogP) is 2.50.